The maximum absolute atomic E-state index is 10.3. The molecular weight excluding hydrogens is 214 g/mol. The lowest BCUT2D eigenvalue weighted by molar-refractivity contribution is -0.354. The molecular formula is C5H6BrN3O2. The molecule has 0 aromatic rings. The summed E-state index contributed by atoms with van der Waals surface area (Å²) in [6, 6.07) is -0.578. The molecule has 0 aliphatic carbocycles. The first kappa shape index (κ1) is 8.35. The van der Waals surface area contributed by atoms with Gasteiger partial charge in [0.25, 0.3) is 0 Å². The second-order valence-corrected chi connectivity index (χ2v) is 2.91. The largest absolute Gasteiger partial charge is 0.358 e. The first-order valence-corrected chi connectivity index (χ1v) is 3.75. The molecule has 11 heavy (non-hydrogen) atoms. The van der Waals surface area contributed by atoms with E-state index in [4.69, 9.17) is 5.73 Å². The molecule has 0 spiro atoms. The van der Waals surface area contributed by atoms with Crippen LogP contribution >= 0.6 is 15.9 Å². The van der Waals surface area contributed by atoms with Crippen molar-refractivity contribution < 1.29 is 4.92 Å². The molecule has 0 bridgehead atoms. The van der Waals surface area contributed by atoms with Crippen LogP contribution in [0, 0.1) is 10.1 Å². The smallest absolute Gasteiger partial charge is 0.357 e. The Morgan fingerprint density at radius 3 is 3.00 bits per heavy atom. The third kappa shape index (κ3) is 1.84. The summed E-state index contributed by atoms with van der Waals surface area (Å²) in [5.74, 6) is -0.181. The number of amidine groups is 1. The van der Waals surface area contributed by atoms with Gasteiger partial charge >= 0.3 is 5.84 Å². The Balaban J connectivity index is 2.90. The average molecular weight is 220 g/mol. The van der Waals surface area contributed by atoms with E-state index in [0.29, 0.717) is 11.0 Å². The summed E-state index contributed by atoms with van der Waals surface area (Å²) >= 11 is 3.04. The highest BCUT2D eigenvalue weighted by atomic mass is 79.9. The first-order valence-electron chi connectivity index (χ1n) is 2.95. The van der Waals surface area contributed by atoms with Gasteiger partial charge in [0.05, 0.1) is 0 Å². The number of hydrogen-bond donors (Lipinski definition) is 1. The van der Waals surface area contributed by atoms with Crippen LogP contribution in [0.4, 0.5) is 0 Å². The van der Waals surface area contributed by atoms with Crippen LogP contribution in [0.3, 0.4) is 0 Å². The standard InChI is InChI=1S/C5H6BrN3O2/c6-4-2-1-3(7)5(8-4)9(10)11/h2-3H,1,7H2. The van der Waals surface area contributed by atoms with Gasteiger partial charge in [0, 0.05) is 15.9 Å². The van der Waals surface area contributed by atoms with Crippen molar-refractivity contribution in [2.75, 3.05) is 0 Å². The van der Waals surface area contributed by atoms with Gasteiger partial charge < -0.3 is 15.8 Å². The molecule has 60 valence electrons. The number of nitrogens with two attached hydrogens (primary N) is 1. The predicted octanol–water partition coefficient (Wildman–Crippen LogP) is 0.629. The van der Waals surface area contributed by atoms with Crippen molar-refractivity contribution in [2.24, 2.45) is 10.7 Å². The lowest BCUT2D eigenvalue weighted by Crippen LogP contribution is -2.36. The van der Waals surface area contributed by atoms with E-state index in [-0.39, 0.29) is 5.84 Å². The zero-order valence-electron chi connectivity index (χ0n) is 5.53. The fraction of sp³-hybridized carbons (Fsp3) is 0.400. The highest BCUT2D eigenvalue weighted by Crippen LogP contribution is 2.15. The van der Waals surface area contributed by atoms with Crippen LogP contribution in [0.5, 0.6) is 0 Å². The third-order valence-electron chi connectivity index (χ3n) is 1.28. The average Bonchev–Trinajstić information content (AvgIpc) is 1.94. The minimum atomic E-state index is -0.578. The van der Waals surface area contributed by atoms with Crippen LogP contribution < -0.4 is 5.73 Å². The molecule has 1 unspecified atom stereocenters. The van der Waals surface area contributed by atoms with Crippen molar-refractivity contribution >= 4 is 21.8 Å². The Morgan fingerprint density at radius 1 is 1.91 bits per heavy atom. The predicted molar refractivity (Wildman–Crippen MR) is 44.0 cm³/mol. The van der Waals surface area contributed by atoms with E-state index in [1.54, 1.807) is 6.08 Å². The second-order valence-electron chi connectivity index (χ2n) is 2.10. The zero-order valence-corrected chi connectivity index (χ0v) is 7.11. The van der Waals surface area contributed by atoms with E-state index in [0.717, 1.165) is 0 Å². The van der Waals surface area contributed by atoms with Crippen molar-refractivity contribution in [3.8, 4) is 0 Å². The maximum Gasteiger partial charge on any atom is 0.357 e. The fourth-order valence-electron chi connectivity index (χ4n) is 0.744. The molecule has 2 N–H and O–H groups in total. The van der Waals surface area contributed by atoms with Crippen LogP contribution in [0.25, 0.3) is 0 Å². The fourth-order valence-corrected chi connectivity index (χ4v) is 1.11. The molecule has 1 aliphatic rings. The lowest BCUT2D eigenvalue weighted by Gasteiger charge is -2.07. The van der Waals surface area contributed by atoms with Crippen molar-refractivity contribution in [1.82, 2.24) is 0 Å². The normalized spacial score (nSPS) is 24.0. The number of rotatable bonds is 0. The summed E-state index contributed by atoms with van der Waals surface area (Å²) in [6.45, 7) is 0. The van der Waals surface area contributed by atoms with Crippen molar-refractivity contribution in [3.05, 3.63) is 20.8 Å². The minimum Gasteiger partial charge on any atom is -0.358 e. The summed E-state index contributed by atoms with van der Waals surface area (Å²) in [4.78, 5) is 13.3. The molecule has 0 saturated carbocycles. The molecule has 1 rings (SSSR count). The number of halogens is 1. The molecule has 0 aromatic heterocycles. The monoisotopic (exact) mass is 219 g/mol. The Bertz CT molecular complexity index is 248. The topological polar surface area (TPSA) is 81.5 Å². The van der Waals surface area contributed by atoms with E-state index >= 15 is 0 Å². The summed E-state index contributed by atoms with van der Waals surface area (Å²) in [5.41, 5.74) is 5.40. The van der Waals surface area contributed by atoms with Crippen molar-refractivity contribution in [1.29, 1.82) is 0 Å². The van der Waals surface area contributed by atoms with E-state index in [9.17, 15) is 10.1 Å². The van der Waals surface area contributed by atoms with E-state index in [2.05, 4.69) is 20.9 Å². The van der Waals surface area contributed by atoms with Gasteiger partial charge in [-0.1, -0.05) is 0 Å². The summed E-state index contributed by atoms with van der Waals surface area (Å²) in [5, 5.41) is 10.3. The summed E-state index contributed by atoms with van der Waals surface area (Å²) in [6.07, 6.45) is 2.16. The molecule has 0 fully saturated rings. The van der Waals surface area contributed by atoms with Gasteiger partial charge in [0.2, 0.25) is 4.61 Å². The minimum absolute atomic E-state index is 0.181. The van der Waals surface area contributed by atoms with E-state index in [1.165, 1.54) is 0 Å². The number of nitrogens with zero attached hydrogens (tertiary/aromatic N) is 2. The van der Waals surface area contributed by atoms with Crippen LogP contribution in [-0.2, 0) is 0 Å². The van der Waals surface area contributed by atoms with Crippen LogP contribution in [0.2, 0.25) is 0 Å². The van der Waals surface area contributed by atoms with Gasteiger partial charge in [-0.05, 0) is 22.4 Å². The van der Waals surface area contributed by atoms with Crippen molar-refractivity contribution in [2.45, 2.75) is 12.5 Å². The van der Waals surface area contributed by atoms with Gasteiger partial charge in [0.1, 0.15) is 6.04 Å². The molecule has 0 aromatic carbocycles. The molecule has 6 heteroatoms. The van der Waals surface area contributed by atoms with E-state index < -0.39 is 11.0 Å². The molecule has 1 aliphatic heterocycles. The highest BCUT2D eigenvalue weighted by Gasteiger charge is 2.25. The summed E-state index contributed by atoms with van der Waals surface area (Å²) in [7, 11) is 0. The molecule has 0 radical (unpaired) electrons. The molecule has 1 atom stereocenters. The van der Waals surface area contributed by atoms with Gasteiger partial charge in [-0.2, -0.15) is 0 Å². The van der Waals surface area contributed by atoms with Crippen LogP contribution in [0.1, 0.15) is 6.42 Å². The number of hydrogen-bond acceptors (Lipinski definition) is 4. The first-order chi connectivity index (χ1) is 5.11. The molecule has 0 amide bonds. The quantitative estimate of drug-likeness (QED) is 0.369. The Kier molecular flexibility index (Phi) is 2.35. The van der Waals surface area contributed by atoms with Gasteiger partial charge in [-0.25, -0.2) is 0 Å². The van der Waals surface area contributed by atoms with E-state index in [1.807, 2.05) is 0 Å². The molecule has 5 nitrogen and oxygen atoms in total. The molecule has 0 saturated heterocycles. The second kappa shape index (κ2) is 3.10. The van der Waals surface area contributed by atoms with Crippen LogP contribution in [0.15, 0.2) is 15.7 Å². The zero-order chi connectivity index (χ0) is 8.43. The molecule has 1 heterocycles. The SMILES string of the molecule is NC1CC=C(Br)N=C1[N+](=O)[O-]. The van der Waals surface area contributed by atoms with Gasteiger partial charge in [-0.15, -0.1) is 0 Å². The van der Waals surface area contributed by atoms with Gasteiger partial charge in [-0.3, -0.25) is 0 Å². The Morgan fingerprint density at radius 2 is 2.55 bits per heavy atom. The lowest BCUT2D eigenvalue weighted by atomic mass is 10.2. The third-order valence-corrected chi connectivity index (χ3v) is 1.78. The maximum atomic E-state index is 10.3. The highest BCUT2D eigenvalue weighted by molar-refractivity contribution is 9.11. The van der Waals surface area contributed by atoms with Crippen molar-refractivity contribution in [3.63, 3.8) is 0 Å². The van der Waals surface area contributed by atoms with Crippen LogP contribution in [-0.4, -0.2) is 16.8 Å². The Labute approximate surface area is 71.3 Å². The van der Waals surface area contributed by atoms with Gasteiger partial charge in [0.15, 0.2) is 0 Å². The summed E-state index contributed by atoms with van der Waals surface area (Å²) < 4.78 is 0.478. The Hall–Kier alpha value is -0.750. The number of aliphatic imine (C=N–C) groups is 1. The number of nitro groups is 1.